The fourth-order valence-corrected chi connectivity index (χ4v) is 2.73. The second-order valence-corrected chi connectivity index (χ2v) is 6.06. The summed E-state index contributed by atoms with van der Waals surface area (Å²) >= 11 is 0. The number of amides is 1. The number of anilines is 1. The molecule has 0 aliphatic carbocycles. The molecule has 1 aromatic rings. The van der Waals surface area contributed by atoms with E-state index in [0.717, 1.165) is 13.0 Å². The molecule has 1 aromatic carbocycles. The van der Waals surface area contributed by atoms with E-state index in [1.54, 1.807) is 12.1 Å². The van der Waals surface area contributed by atoms with Crippen LogP contribution in [0, 0.1) is 17.7 Å². The molecule has 1 heterocycles. The van der Waals surface area contributed by atoms with E-state index < -0.39 is 0 Å². The van der Waals surface area contributed by atoms with Gasteiger partial charge in [0, 0.05) is 25.0 Å². The van der Waals surface area contributed by atoms with E-state index in [1.165, 1.54) is 6.07 Å². The van der Waals surface area contributed by atoms with E-state index in [2.05, 4.69) is 12.2 Å². The lowest BCUT2D eigenvalue weighted by molar-refractivity contribution is -0.124. The van der Waals surface area contributed by atoms with Crippen molar-refractivity contribution in [3.8, 4) is 0 Å². The molecule has 3 nitrogen and oxygen atoms in total. The molecule has 1 N–H and O–H groups in total. The van der Waals surface area contributed by atoms with Gasteiger partial charge in [0.05, 0.1) is 5.69 Å². The molecule has 1 amide bonds. The van der Waals surface area contributed by atoms with E-state index >= 15 is 0 Å². The van der Waals surface area contributed by atoms with Crippen LogP contribution in [0.15, 0.2) is 24.3 Å². The van der Waals surface area contributed by atoms with Crippen LogP contribution in [-0.4, -0.2) is 25.0 Å². The third kappa shape index (κ3) is 3.50. The van der Waals surface area contributed by atoms with Crippen molar-refractivity contribution >= 4 is 11.6 Å². The lowest BCUT2D eigenvalue weighted by Gasteiger charge is -2.38. The average molecular weight is 278 g/mol. The highest BCUT2D eigenvalue weighted by Crippen LogP contribution is 2.25. The van der Waals surface area contributed by atoms with Gasteiger partial charge in [-0.1, -0.05) is 32.9 Å². The number of rotatable bonds is 3. The summed E-state index contributed by atoms with van der Waals surface area (Å²) in [4.78, 5) is 13.9. The van der Waals surface area contributed by atoms with Crippen molar-refractivity contribution in [2.45, 2.75) is 33.2 Å². The summed E-state index contributed by atoms with van der Waals surface area (Å²) in [5.74, 6) is 0.281. The minimum atomic E-state index is -0.199. The van der Waals surface area contributed by atoms with Crippen LogP contribution >= 0.6 is 0 Å². The van der Waals surface area contributed by atoms with Crippen LogP contribution in [0.4, 0.5) is 10.1 Å². The molecule has 1 fully saturated rings. The van der Waals surface area contributed by atoms with Crippen LogP contribution in [0.1, 0.15) is 27.2 Å². The van der Waals surface area contributed by atoms with E-state index in [9.17, 15) is 9.18 Å². The molecule has 0 saturated carbocycles. The van der Waals surface area contributed by atoms with Gasteiger partial charge in [-0.3, -0.25) is 4.79 Å². The van der Waals surface area contributed by atoms with Gasteiger partial charge in [-0.2, -0.15) is 0 Å². The maximum atomic E-state index is 13.9. The number of halogens is 1. The lowest BCUT2D eigenvalue weighted by atomic mass is 9.95. The van der Waals surface area contributed by atoms with Crippen molar-refractivity contribution < 1.29 is 9.18 Å². The number of para-hydroxylation sites is 1. The van der Waals surface area contributed by atoms with Crippen LogP contribution in [0.3, 0.4) is 0 Å². The van der Waals surface area contributed by atoms with Gasteiger partial charge in [-0.05, 0) is 24.5 Å². The summed E-state index contributed by atoms with van der Waals surface area (Å²) in [6.45, 7) is 7.41. The molecule has 2 rings (SSSR count). The Morgan fingerprint density at radius 1 is 1.35 bits per heavy atom. The van der Waals surface area contributed by atoms with Crippen LogP contribution in [0.25, 0.3) is 0 Å². The molecule has 2 unspecified atom stereocenters. The van der Waals surface area contributed by atoms with Gasteiger partial charge in [0.25, 0.3) is 0 Å². The minimum absolute atomic E-state index is 0.0193. The predicted molar refractivity (Wildman–Crippen MR) is 79.2 cm³/mol. The molecular weight excluding hydrogens is 255 g/mol. The zero-order valence-corrected chi connectivity index (χ0v) is 12.4. The lowest BCUT2D eigenvalue weighted by Crippen LogP contribution is -2.51. The molecule has 20 heavy (non-hydrogen) atoms. The number of carbonyl (C=O) groups is 1. The van der Waals surface area contributed by atoms with Crippen molar-refractivity contribution in [1.82, 2.24) is 5.32 Å². The molecule has 110 valence electrons. The van der Waals surface area contributed by atoms with Gasteiger partial charge in [0.2, 0.25) is 5.91 Å². The highest BCUT2D eigenvalue weighted by atomic mass is 19.1. The number of benzene rings is 1. The largest absolute Gasteiger partial charge is 0.367 e. The summed E-state index contributed by atoms with van der Waals surface area (Å²) in [5, 5.41) is 3.06. The number of nitrogens with one attached hydrogen (secondary N) is 1. The number of hydrogen-bond acceptors (Lipinski definition) is 2. The maximum absolute atomic E-state index is 13.9. The Labute approximate surface area is 120 Å². The second kappa shape index (κ2) is 6.25. The molecule has 1 aliphatic heterocycles. The average Bonchev–Trinajstić information content (AvgIpc) is 2.38. The summed E-state index contributed by atoms with van der Waals surface area (Å²) in [6.07, 6.45) is 0.948. The van der Waals surface area contributed by atoms with Crippen molar-refractivity contribution in [3.63, 3.8) is 0 Å². The molecule has 1 aliphatic rings. The molecule has 0 spiro atoms. The van der Waals surface area contributed by atoms with Crippen LogP contribution in [-0.2, 0) is 4.79 Å². The first-order valence-electron chi connectivity index (χ1n) is 7.27. The Morgan fingerprint density at radius 2 is 2.05 bits per heavy atom. The quantitative estimate of drug-likeness (QED) is 0.922. The number of carbonyl (C=O) groups excluding carboxylic acids is 1. The molecule has 0 bridgehead atoms. The third-order valence-corrected chi connectivity index (χ3v) is 3.72. The standard InChI is InChI=1S/C16H23FN2O/c1-11(2)16(20)18-13-8-12(3)9-19(10-13)15-7-5-4-6-14(15)17/h4-7,11-13H,8-10H2,1-3H3,(H,18,20). The van der Waals surface area contributed by atoms with E-state index in [4.69, 9.17) is 0 Å². The van der Waals surface area contributed by atoms with Gasteiger partial charge >= 0.3 is 0 Å². The van der Waals surface area contributed by atoms with Crippen LogP contribution in [0.5, 0.6) is 0 Å². The Hall–Kier alpha value is -1.58. The maximum Gasteiger partial charge on any atom is 0.222 e. The Bertz CT molecular complexity index is 475. The van der Waals surface area contributed by atoms with Crippen molar-refractivity contribution in [2.75, 3.05) is 18.0 Å². The number of nitrogens with zero attached hydrogens (tertiary/aromatic N) is 1. The van der Waals surface area contributed by atoms with Gasteiger partial charge in [0.1, 0.15) is 5.82 Å². The summed E-state index contributed by atoms with van der Waals surface area (Å²) in [7, 11) is 0. The van der Waals surface area contributed by atoms with Gasteiger partial charge in [-0.25, -0.2) is 4.39 Å². The normalized spacial score (nSPS) is 22.9. The summed E-state index contributed by atoms with van der Waals surface area (Å²) in [5.41, 5.74) is 0.628. The third-order valence-electron chi connectivity index (χ3n) is 3.72. The molecular formula is C16H23FN2O. The Morgan fingerprint density at radius 3 is 2.70 bits per heavy atom. The van der Waals surface area contributed by atoms with E-state index in [1.807, 2.05) is 24.8 Å². The molecule has 0 radical (unpaired) electrons. The fourth-order valence-electron chi connectivity index (χ4n) is 2.73. The first kappa shape index (κ1) is 14.8. The molecule has 1 saturated heterocycles. The van der Waals surface area contributed by atoms with Crippen molar-refractivity contribution in [3.05, 3.63) is 30.1 Å². The van der Waals surface area contributed by atoms with E-state index in [0.29, 0.717) is 18.2 Å². The summed E-state index contributed by atoms with van der Waals surface area (Å²) in [6, 6.07) is 6.92. The number of piperidine rings is 1. The van der Waals surface area contributed by atoms with Gasteiger partial charge in [0.15, 0.2) is 0 Å². The second-order valence-electron chi connectivity index (χ2n) is 6.06. The Kier molecular flexibility index (Phi) is 4.63. The van der Waals surface area contributed by atoms with Crippen LogP contribution in [0.2, 0.25) is 0 Å². The topological polar surface area (TPSA) is 32.3 Å². The molecule has 4 heteroatoms. The summed E-state index contributed by atoms with van der Waals surface area (Å²) < 4.78 is 13.9. The first-order chi connectivity index (χ1) is 9.47. The Balaban J connectivity index is 2.09. The zero-order valence-electron chi connectivity index (χ0n) is 12.4. The SMILES string of the molecule is CC1CC(NC(=O)C(C)C)CN(c2ccccc2F)C1. The monoisotopic (exact) mass is 278 g/mol. The smallest absolute Gasteiger partial charge is 0.222 e. The van der Waals surface area contributed by atoms with Crippen molar-refractivity contribution in [1.29, 1.82) is 0 Å². The predicted octanol–water partition coefficient (Wildman–Crippen LogP) is 2.81. The first-order valence-corrected chi connectivity index (χ1v) is 7.27. The molecule has 0 aromatic heterocycles. The minimum Gasteiger partial charge on any atom is -0.367 e. The van der Waals surface area contributed by atoms with E-state index in [-0.39, 0.29) is 23.7 Å². The van der Waals surface area contributed by atoms with Gasteiger partial charge in [-0.15, -0.1) is 0 Å². The van der Waals surface area contributed by atoms with Crippen molar-refractivity contribution in [2.24, 2.45) is 11.8 Å². The number of hydrogen-bond donors (Lipinski definition) is 1. The zero-order chi connectivity index (χ0) is 14.7. The highest BCUT2D eigenvalue weighted by molar-refractivity contribution is 5.78. The van der Waals surface area contributed by atoms with Gasteiger partial charge < -0.3 is 10.2 Å². The molecule has 2 atom stereocenters. The fraction of sp³-hybridized carbons (Fsp3) is 0.562. The van der Waals surface area contributed by atoms with Crippen LogP contribution < -0.4 is 10.2 Å². The highest BCUT2D eigenvalue weighted by Gasteiger charge is 2.27.